The number of carbonyl (C=O) groups excluding carboxylic acids is 1. The summed E-state index contributed by atoms with van der Waals surface area (Å²) in [5.41, 5.74) is 3.18. The van der Waals surface area contributed by atoms with E-state index < -0.39 is 36.3 Å². The van der Waals surface area contributed by atoms with Gasteiger partial charge >= 0.3 is 18.2 Å². The van der Waals surface area contributed by atoms with Crippen LogP contribution in [0.1, 0.15) is 34.6 Å². The zero-order valence-corrected chi connectivity index (χ0v) is 18.0. The zero-order chi connectivity index (χ0) is 24.3. The maximum atomic E-state index is 13.3. The molecule has 4 rings (SSSR count). The fraction of sp³-hybridized carbons (Fsp3) is 0.231. The lowest BCUT2D eigenvalue weighted by atomic mass is 9.98. The molecule has 1 amide bonds. The van der Waals surface area contributed by atoms with Gasteiger partial charge in [0, 0.05) is 12.0 Å². The van der Waals surface area contributed by atoms with E-state index in [-0.39, 0.29) is 24.5 Å². The molecule has 176 valence electrons. The van der Waals surface area contributed by atoms with E-state index in [1.807, 2.05) is 48.5 Å². The molecule has 3 aromatic carbocycles. The van der Waals surface area contributed by atoms with Gasteiger partial charge in [0.15, 0.2) is 0 Å². The van der Waals surface area contributed by atoms with Gasteiger partial charge in [-0.15, -0.1) is 0 Å². The Morgan fingerprint density at radius 3 is 2.06 bits per heavy atom. The third-order valence-electron chi connectivity index (χ3n) is 5.88. The minimum Gasteiger partial charge on any atom is -0.481 e. The number of carboxylic acids is 1. The summed E-state index contributed by atoms with van der Waals surface area (Å²) in [5.74, 6) is -1.43. The summed E-state index contributed by atoms with van der Waals surface area (Å²) < 4.78 is 45.4. The summed E-state index contributed by atoms with van der Waals surface area (Å²) in [6.07, 6.45) is -6.31. The van der Waals surface area contributed by atoms with Crippen LogP contribution in [0, 0.1) is 0 Å². The number of fused-ring (bicyclic) bond motifs is 3. The van der Waals surface area contributed by atoms with Gasteiger partial charge in [-0.3, -0.25) is 4.79 Å². The van der Waals surface area contributed by atoms with Crippen molar-refractivity contribution >= 4 is 12.1 Å². The second-order valence-corrected chi connectivity index (χ2v) is 8.12. The highest BCUT2D eigenvalue weighted by Crippen LogP contribution is 2.44. The van der Waals surface area contributed by atoms with E-state index in [2.05, 4.69) is 5.32 Å². The molecule has 5 nitrogen and oxygen atoms in total. The van der Waals surface area contributed by atoms with Crippen LogP contribution in [0.15, 0.2) is 72.8 Å². The van der Waals surface area contributed by atoms with Crippen LogP contribution in [0.3, 0.4) is 0 Å². The summed E-state index contributed by atoms with van der Waals surface area (Å²) >= 11 is 0. The molecular formula is C26H22F3NO4. The van der Waals surface area contributed by atoms with Gasteiger partial charge in [0.2, 0.25) is 0 Å². The van der Waals surface area contributed by atoms with Gasteiger partial charge in [0.1, 0.15) is 6.61 Å². The normalized spacial score (nSPS) is 13.6. The lowest BCUT2D eigenvalue weighted by Gasteiger charge is -2.20. The highest BCUT2D eigenvalue weighted by Gasteiger charge is 2.34. The van der Waals surface area contributed by atoms with Crippen LogP contribution < -0.4 is 5.32 Å². The molecule has 0 heterocycles. The molecule has 1 aliphatic carbocycles. The topological polar surface area (TPSA) is 75.6 Å². The third kappa shape index (κ3) is 5.06. The summed E-state index contributed by atoms with van der Waals surface area (Å²) in [4.78, 5) is 23.8. The van der Waals surface area contributed by atoms with Gasteiger partial charge < -0.3 is 15.2 Å². The minimum atomic E-state index is -4.59. The number of ether oxygens (including phenoxy) is 1. The number of carbonyl (C=O) groups is 2. The zero-order valence-electron chi connectivity index (χ0n) is 18.0. The van der Waals surface area contributed by atoms with Gasteiger partial charge in [-0.25, -0.2) is 4.79 Å². The van der Waals surface area contributed by atoms with Crippen LogP contribution in [-0.4, -0.2) is 29.8 Å². The molecule has 2 N–H and O–H groups in total. The average Bonchev–Trinajstić information content (AvgIpc) is 3.11. The largest absolute Gasteiger partial charge is 0.481 e. The molecule has 1 atom stereocenters. The second-order valence-electron chi connectivity index (χ2n) is 8.12. The molecule has 3 aromatic rings. The van der Waals surface area contributed by atoms with Crippen LogP contribution in [0.2, 0.25) is 0 Å². The highest BCUT2D eigenvalue weighted by molar-refractivity contribution is 5.79. The lowest BCUT2D eigenvalue weighted by Crippen LogP contribution is -2.39. The van der Waals surface area contributed by atoms with Crippen LogP contribution in [0.4, 0.5) is 18.0 Å². The van der Waals surface area contributed by atoms with Crippen LogP contribution >= 0.6 is 0 Å². The Balaban J connectivity index is 1.46. The van der Waals surface area contributed by atoms with Crippen molar-refractivity contribution in [3.8, 4) is 11.1 Å². The predicted octanol–water partition coefficient (Wildman–Crippen LogP) is 5.63. The van der Waals surface area contributed by atoms with Gasteiger partial charge in [0.25, 0.3) is 0 Å². The molecule has 8 heteroatoms. The molecule has 0 aromatic heterocycles. The van der Waals surface area contributed by atoms with Gasteiger partial charge in [-0.2, -0.15) is 13.2 Å². The molecule has 34 heavy (non-hydrogen) atoms. The Bertz CT molecular complexity index is 1160. The number of hydrogen-bond acceptors (Lipinski definition) is 3. The number of benzene rings is 3. The van der Waals surface area contributed by atoms with Gasteiger partial charge in [-0.1, -0.05) is 66.7 Å². The SMILES string of the molecule is O=C(O)C[C@H](Cc1ccccc1C(F)(F)F)NC(=O)OCC1c2ccccc2-c2ccccc21. The number of alkyl halides is 3. The average molecular weight is 469 g/mol. The van der Waals surface area contributed by atoms with Crippen LogP contribution in [0.5, 0.6) is 0 Å². The molecule has 0 spiro atoms. The van der Waals surface area contributed by atoms with E-state index >= 15 is 0 Å². The maximum absolute atomic E-state index is 13.3. The van der Waals surface area contributed by atoms with E-state index in [0.717, 1.165) is 28.3 Å². The quantitative estimate of drug-likeness (QED) is 0.470. The van der Waals surface area contributed by atoms with Crippen molar-refractivity contribution < 1.29 is 32.6 Å². The number of halogens is 3. The molecule has 0 saturated heterocycles. The lowest BCUT2D eigenvalue weighted by molar-refractivity contribution is -0.138. The second kappa shape index (κ2) is 9.59. The third-order valence-corrected chi connectivity index (χ3v) is 5.88. The molecule has 0 aliphatic heterocycles. The molecule has 0 radical (unpaired) electrons. The monoisotopic (exact) mass is 469 g/mol. The van der Waals surface area contributed by atoms with Crippen molar-refractivity contribution in [2.75, 3.05) is 6.61 Å². The molecule has 1 aliphatic rings. The smallest absolute Gasteiger partial charge is 0.416 e. The van der Waals surface area contributed by atoms with Crippen molar-refractivity contribution in [3.63, 3.8) is 0 Å². The Hall–Kier alpha value is -3.81. The Morgan fingerprint density at radius 2 is 1.47 bits per heavy atom. The summed E-state index contributed by atoms with van der Waals surface area (Å²) in [5, 5.41) is 11.6. The first-order valence-electron chi connectivity index (χ1n) is 10.7. The Morgan fingerprint density at radius 1 is 0.912 bits per heavy atom. The van der Waals surface area contributed by atoms with Crippen molar-refractivity contribution in [3.05, 3.63) is 95.1 Å². The summed E-state index contributed by atoms with van der Waals surface area (Å²) in [6, 6.07) is 19.4. The van der Waals surface area contributed by atoms with E-state index in [1.54, 1.807) is 0 Å². The number of nitrogens with one attached hydrogen (secondary N) is 1. The van der Waals surface area contributed by atoms with E-state index in [4.69, 9.17) is 4.74 Å². The van der Waals surface area contributed by atoms with E-state index in [1.165, 1.54) is 18.2 Å². The number of amides is 1. The molecule has 0 saturated carbocycles. The molecule has 0 fully saturated rings. The Kier molecular flexibility index (Phi) is 6.58. The van der Waals surface area contributed by atoms with Crippen molar-refractivity contribution in [1.29, 1.82) is 0 Å². The van der Waals surface area contributed by atoms with E-state index in [0.29, 0.717) is 0 Å². The standard InChI is InChI=1S/C26H22F3NO4/c27-26(28,29)23-12-6-1-7-16(23)13-17(14-24(31)32)30-25(33)34-15-22-20-10-4-2-8-18(20)19-9-3-5-11-21(19)22/h1-12,17,22H,13-15H2,(H,30,33)(H,31,32)/t17-/m0/s1. The van der Waals surface area contributed by atoms with Crippen molar-refractivity contribution in [2.24, 2.45) is 0 Å². The molecule has 0 unspecified atom stereocenters. The first kappa shape index (κ1) is 23.4. The van der Waals surface area contributed by atoms with Gasteiger partial charge in [0.05, 0.1) is 12.0 Å². The summed E-state index contributed by atoms with van der Waals surface area (Å²) in [7, 11) is 0. The summed E-state index contributed by atoms with van der Waals surface area (Å²) in [6.45, 7) is 0.0127. The fourth-order valence-electron chi connectivity index (χ4n) is 4.43. The molecule has 0 bridgehead atoms. The predicted molar refractivity (Wildman–Crippen MR) is 119 cm³/mol. The number of aliphatic carboxylic acids is 1. The number of hydrogen-bond donors (Lipinski definition) is 2. The molecular weight excluding hydrogens is 447 g/mol. The first-order valence-corrected chi connectivity index (χ1v) is 10.7. The Labute approximate surface area is 194 Å². The first-order chi connectivity index (χ1) is 16.2. The van der Waals surface area contributed by atoms with Crippen molar-refractivity contribution in [1.82, 2.24) is 5.32 Å². The fourth-order valence-corrected chi connectivity index (χ4v) is 4.43. The maximum Gasteiger partial charge on any atom is 0.416 e. The number of rotatable bonds is 7. The van der Waals surface area contributed by atoms with E-state index in [9.17, 15) is 27.9 Å². The number of alkyl carbamates (subject to hydrolysis) is 1. The minimum absolute atomic E-state index is 0.0127. The van der Waals surface area contributed by atoms with Gasteiger partial charge in [-0.05, 0) is 40.3 Å². The van der Waals surface area contributed by atoms with Crippen LogP contribution in [0.25, 0.3) is 11.1 Å². The number of carboxylic acid groups (broad SMARTS) is 1. The van der Waals surface area contributed by atoms with Crippen LogP contribution in [-0.2, 0) is 22.1 Å². The highest BCUT2D eigenvalue weighted by atomic mass is 19.4. The van der Waals surface area contributed by atoms with Crippen molar-refractivity contribution in [2.45, 2.75) is 31.0 Å².